The van der Waals surface area contributed by atoms with Gasteiger partial charge in [0, 0.05) is 22.4 Å². The van der Waals surface area contributed by atoms with Crippen LogP contribution >= 0.6 is 28.1 Å². The summed E-state index contributed by atoms with van der Waals surface area (Å²) < 4.78 is 8.13. The molecule has 0 aliphatic carbocycles. The Hall–Kier alpha value is -2.38. The summed E-state index contributed by atoms with van der Waals surface area (Å²) in [6.07, 6.45) is 3.67. The molecule has 25 heavy (non-hydrogen) atoms. The van der Waals surface area contributed by atoms with E-state index in [0.29, 0.717) is 11.7 Å². The standard InChI is InChI=1S/C18H17BrN4OS/c1-24-17-4-2-3-15(9-17)21-18(25)22-16-10-20-23(12-16)11-13-5-7-14(19)8-6-13/h2-10,12H,11H2,1H3,(H2,21,22,25). The third-order valence-corrected chi connectivity index (χ3v) is 4.21. The highest BCUT2D eigenvalue weighted by Crippen LogP contribution is 2.17. The van der Waals surface area contributed by atoms with Crippen molar-refractivity contribution >= 4 is 44.6 Å². The van der Waals surface area contributed by atoms with Gasteiger partial charge in [0.25, 0.3) is 0 Å². The summed E-state index contributed by atoms with van der Waals surface area (Å²) in [5.74, 6) is 0.773. The van der Waals surface area contributed by atoms with Crippen LogP contribution in [-0.4, -0.2) is 22.0 Å². The summed E-state index contributed by atoms with van der Waals surface area (Å²) in [6, 6.07) is 15.8. The Bertz CT molecular complexity index is 864. The van der Waals surface area contributed by atoms with Gasteiger partial charge in [0.2, 0.25) is 0 Å². The second-order valence-corrected chi connectivity index (χ2v) is 6.69. The largest absolute Gasteiger partial charge is 0.497 e. The van der Waals surface area contributed by atoms with Crippen molar-refractivity contribution in [2.24, 2.45) is 0 Å². The lowest BCUT2D eigenvalue weighted by Crippen LogP contribution is -2.18. The van der Waals surface area contributed by atoms with Crippen molar-refractivity contribution in [3.63, 3.8) is 0 Å². The average Bonchev–Trinajstić information content (AvgIpc) is 3.04. The number of ether oxygens (including phenoxy) is 1. The molecule has 0 fully saturated rings. The zero-order chi connectivity index (χ0) is 17.6. The van der Waals surface area contributed by atoms with Crippen LogP contribution in [0, 0.1) is 0 Å². The number of halogens is 1. The van der Waals surface area contributed by atoms with Crippen LogP contribution < -0.4 is 15.4 Å². The molecule has 5 nitrogen and oxygen atoms in total. The van der Waals surface area contributed by atoms with Gasteiger partial charge in [0.15, 0.2) is 5.11 Å². The quantitative estimate of drug-likeness (QED) is 0.599. The molecule has 0 aliphatic heterocycles. The van der Waals surface area contributed by atoms with Crippen molar-refractivity contribution in [3.05, 3.63) is 71.0 Å². The maximum absolute atomic E-state index is 5.35. The van der Waals surface area contributed by atoms with E-state index in [0.717, 1.165) is 21.6 Å². The normalized spacial score (nSPS) is 10.3. The number of hydrogen-bond acceptors (Lipinski definition) is 3. The summed E-state index contributed by atoms with van der Waals surface area (Å²) in [4.78, 5) is 0. The van der Waals surface area contributed by atoms with Crippen molar-refractivity contribution in [2.75, 3.05) is 17.7 Å². The summed E-state index contributed by atoms with van der Waals surface area (Å²) >= 11 is 8.78. The zero-order valence-electron chi connectivity index (χ0n) is 13.6. The van der Waals surface area contributed by atoms with E-state index >= 15 is 0 Å². The van der Waals surface area contributed by atoms with E-state index in [1.807, 2.05) is 47.3 Å². The molecule has 0 unspecified atom stereocenters. The van der Waals surface area contributed by atoms with Crippen LogP contribution in [0.1, 0.15) is 5.56 Å². The SMILES string of the molecule is COc1cccc(NC(=S)Nc2cnn(Cc3ccc(Br)cc3)c2)c1. The maximum Gasteiger partial charge on any atom is 0.175 e. The predicted molar refractivity (Wildman–Crippen MR) is 108 cm³/mol. The van der Waals surface area contributed by atoms with Crippen LogP contribution in [-0.2, 0) is 6.54 Å². The third-order valence-electron chi connectivity index (χ3n) is 3.48. The summed E-state index contributed by atoms with van der Waals surface area (Å²) in [6.45, 7) is 0.699. The first kappa shape index (κ1) is 17.4. The van der Waals surface area contributed by atoms with Crippen molar-refractivity contribution in [1.29, 1.82) is 0 Å². The first-order valence-corrected chi connectivity index (χ1v) is 8.81. The van der Waals surface area contributed by atoms with Gasteiger partial charge < -0.3 is 15.4 Å². The second-order valence-electron chi connectivity index (χ2n) is 5.36. The molecule has 2 N–H and O–H groups in total. The number of hydrogen-bond donors (Lipinski definition) is 2. The van der Waals surface area contributed by atoms with E-state index < -0.39 is 0 Å². The monoisotopic (exact) mass is 416 g/mol. The van der Waals surface area contributed by atoms with Gasteiger partial charge in [-0.25, -0.2) is 0 Å². The summed E-state index contributed by atoms with van der Waals surface area (Å²) in [7, 11) is 1.63. The molecule has 1 aromatic heterocycles. The Morgan fingerprint density at radius 3 is 2.68 bits per heavy atom. The van der Waals surface area contributed by atoms with E-state index in [-0.39, 0.29) is 0 Å². The highest BCUT2D eigenvalue weighted by molar-refractivity contribution is 9.10. The number of aromatic nitrogens is 2. The Kier molecular flexibility index (Phi) is 5.67. The first-order chi connectivity index (χ1) is 12.1. The average molecular weight is 417 g/mol. The lowest BCUT2D eigenvalue weighted by Gasteiger charge is -2.10. The van der Waals surface area contributed by atoms with Crippen LogP contribution in [0.2, 0.25) is 0 Å². The predicted octanol–water partition coefficient (Wildman–Crippen LogP) is 4.51. The van der Waals surface area contributed by atoms with Crippen LogP contribution in [0.5, 0.6) is 5.75 Å². The Morgan fingerprint density at radius 1 is 1.16 bits per heavy atom. The van der Waals surface area contributed by atoms with Gasteiger partial charge >= 0.3 is 0 Å². The molecule has 3 rings (SSSR count). The number of nitrogens with one attached hydrogen (secondary N) is 2. The van der Waals surface area contributed by atoms with Gasteiger partial charge in [-0.1, -0.05) is 34.1 Å². The molecule has 0 aliphatic rings. The molecule has 2 aromatic carbocycles. The van der Waals surface area contributed by atoms with Crippen molar-refractivity contribution in [2.45, 2.75) is 6.54 Å². The highest BCUT2D eigenvalue weighted by Gasteiger charge is 2.04. The van der Waals surface area contributed by atoms with Gasteiger partial charge in [-0.15, -0.1) is 0 Å². The second kappa shape index (κ2) is 8.13. The first-order valence-electron chi connectivity index (χ1n) is 7.61. The van der Waals surface area contributed by atoms with E-state index in [2.05, 4.69) is 43.8 Å². The summed E-state index contributed by atoms with van der Waals surface area (Å²) in [5, 5.41) is 11.1. The van der Waals surface area contributed by atoms with Crippen molar-refractivity contribution < 1.29 is 4.74 Å². The van der Waals surface area contributed by atoms with E-state index in [1.54, 1.807) is 13.3 Å². The fourth-order valence-corrected chi connectivity index (χ4v) is 2.79. The Labute approximate surface area is 160 Å². The van der Waals surface area contributed by atoms with Crippen LogP contribution in [0.4, 0.5) is 11.4 Å². The van der Waals surface area contributed by atoms with E-state index in [9.17, 15) is 0 Å². The van der Waals surface area contributed by atoms with Gasteiger partial charge in [-0.3, -0.25) is 4.68 Å². The molecule has 0 spiro atoms. The van der Waals surface area contributed by atoms with Crippen LogP contribution in [0.25, 0.3) is 0 Å². The zero-order valence-corrected chi connectivity index (χ0v) is 16.0. The van der Waals surface area contributed by atoms with Gasteiger partial charge in [0.05, 0.1) is 25.5 Å². The highest BCUT2D eigenvalue weighted by atomic mass is 79.9. The molecular formula is C18H17BrN4OS. The Balaban J connectivity index is 1.58. The van der Waals surface area contributed by atoms with Gasteiger partial charge in [0.1, 0.15) is 5.75 Å². The molecule has 7 heteroatoms. The van der Waals surface area contributed by atoms with Gasteiger partial charge in [-0.05, 0) is 42.0 Å². The number of nitrogens with zero attached hydrogens (tertiary/aromatic N) is 2. The van der Waals surface area contributed by atoms with Crippen LogP contribution in [0.3, 0.4) is 0 Å². The number of rotatable bonds is 5. The summed E-state index contributed by atoms with van der Waals surface area (Å²) in [5.41, 5.74) is 2.87. The smallest absolute Gasteiger partial charge is 0.175 e. The molecule has 3 aromatic rings. The van der Waals surface area contributed by atoms with Gasteiger partial charge in [-0.2, -0.15) is 5.10 Å². The lowest BCUT2D eigenvalue weighted by molar-refractivity contribution is 0.415. The lowest BCUT2D eigenvalue weighted by atomic mass is 10.2. The molecule has 0 bridgehead atoms. The molecular weight excluding hydrogens is 400 g/mol. The van der Waals surface area contributed by atoms with Crippen LogP contribution in [0.15, 0.2) is 65.4 Å². The van der Waals surface area contributed by atoms with Crippen molar-refractivity contribution in [1.82, 2.24) is 9.78 Å². The topological polar surface area (TPSA) is 51.1 Å². The molecule has 128 valence electrons. The fourth-order valence-electron chi connectivity index (χ4n) is 2.29. The molecule has 1 heterocycles. The third kappa shape index (κ3) is 5.04. The fraction of sp³-hybridized carbons (Fsp3) is 0.111. The molecule has 0 saturated carbocycles. The molecule has 0 saturated heterocycles. The van der Waals surface area contributed by atoms with Crippen molar-refractivity contribution in [3.8, 4) is 5.75 Å². The molecule has 0 amide bonds. The molecule has 0 atom stereocenters. The minimum absolute atomic E-state index is 0.497. The van der Waals surface area contributed by atoms with E-state index in [4.69, 9.17) is 17.0 Å². The minimum atomic E-state index is 0.497. The molecule has 0 radical (unpaired) electrons. The number of methoxy groups -OCH3 is 1. The number of anilines is 2. The Morgan fingerprint density at radius 2 is 1.92 bits per heavy atom. The number of thiocarbonyl (C=S) groups is 1. The minimum Gasteiger partial charge on any atom is -0.497 e. The maximum atomic E-state index is 5.35. The number of benzene rings is 2. The van der Waals surface area contributed by atoms with E-state index in [1.165, 1.54) is 5.56 Å².